The summed E-state index contributed by atoms with van der Waals surface area (Å²) < 4.78 is 0. The molecule has 3 heteroatoms. The molecule has 1 aromatic carbocycles. The van der Waals surface area contributed by atoms with Gasteiger partial charge in [0, 0.05) is 18.2 Å². The number of hydrogen-bond donors (Lipinski definition) is 2. The molecule has 2 unspecified atom stereocenters. The number of benzene rings is 1. The van der Waals surface area contributed by atoms with Crippen molar-refractivity contribution in [2.24, 2.45) is 0 Å². The average molecular weight is 225 g/mol. The van der Waals surface area contributed by atoms with Crippen molar-refractivity contribution in [2.45, 2.75) is 18.4 Å². The molecule has 1 saturated carbocycles. The quantitative estimate of drug-likeness (QED) is 0.844. The van der Waals surface area contributed by atoms with Crippen LogP contribution in [-0.4, -0.2) is 11.0 Å². The van der Waals surface area contributed by atoms with Crippen LogP contribution < -0.4 is 11.1 Å². The minimum atomic E-state index is 0.490. The highest BCUT2D eigenvalue weighted by atomic mass is 15.0. The molecule has 0 saturated heterocycles. The summed E-state index contributed by atoms with van der Waals surface area (Å²) >= 11 is 0. The number of hydrogen-bond acceptors (Lipinski definition) is 3. The minimum absolute atomic E-state index is 0.490. The minimum Gasteiger partial charge on any atom is -0.382 e. The molecule has 0 radical (unpaired) electrons. The highest BCUT2D eigenvalue weighted by Crippen LogP contribution is 2.43. The van der Waals surface area contributed by atoms with Crippen molar-refractivity contribution in [3.05, 3.63) is 54.2 Å². The first-order chi connectivity index (χ1) is 8.34. The Hall–Kier alpha value is -2.03. The summed E-state index contributed by atoms with van der Waals surface area (Å²) in [5.74, 6) is 1.18. The Labute approximate surface area is 101 Å². The van der Waals surface area contributed by atoms with Crippen molar-refractivity contribution in [1.29, 1.82) is 0 Å². The van der Waals surface area contributed by atoms with Gasteiger partial charge in [0.1, 0.15) is 5.82 Å². The molecule has 3 N–H and O–H groups in total. The largest absolute Gasteiger partial charge is 0.382 e. The molecule has 2 atom stereocenters. The van der Waals surface area contributed by atoms with Crippen molar-refractivity contribution in [3.8, 4) is 0 Å². The topological polar surface area (TPSA) is 50.9 Å². The van der Waals surface area contributed by atoms with Gasteiger partial charge in [-0.1, -0.05) is 30.3 Å². The van der Waals surface area contributed by atoms with E-state index in [0.717, 1.165) is 5.69 Å². The number of nitrogens with two attached hydrogens (primary N) is 1. The zero-order valence-corrected chi connectivity index (χ0v) is 9.51. The van der Waals surface area contributed by atoms with E-state index in [2.05, 4.69) is 34.6 Å². The van der Waals surface area contributed by atoms with Gasteiger partial charge in [-0.2, -0.15) is 0 Å². The van der Waals surface area contributed by atoms with Gasteiger partial charge in [0.15, 0.2) is 0 Å². The van der Waals surface area contributed by atoms with E-state index in [1.165, 1.54) is 12.0 Å². The molecule has 0 amide bonds. The van der Waals surface area contributed by atoms with Crippen LogP contribution in [0.4, 0.5) is 11.5 Å². The van der Waals surface area contributed by atoms with Crippen LogP contribution in [-0.2, 0) is 0 Å². The van der Waals surface area contributed by atoms with E-state index in [0.29, 0.717) is 17.8 Å². The highest BCUT2D eigenvalue weighted by molar-refractivity contribution is 5.62. The lowest BCUT2D eigenvalue weighted by Crippen LogP contribution is -2.07. The summed E-state index contributed by atoms with van der Waals surface area (Å²) in [4.78, 5) is 4.07. The summed E-state index contributed by atoms with van der Waals surface area (Å²) in [5.41, 5.74) is 8.14. The fourth-order valence-corrected chi connectivity index (χ4v) is 2.16. The lowest BCUT2D eigenvalue weighted by Gasteiger charge is -2.07. The van der Waals surface area contributed by atoms with Gasteiger partial charge in [0.05, 0.1) is 5.69 Å². The van der Waals surface area contributed by atoms with Gasteiger partial charge in [0.2, 0.25) is 0 Å². The van der Waals surface area contributed by atoms with E-state index in [1.807, 2.05) is 18.2 Å². The zero-order valence-electron chi connectivity index (χ0n) is 9.51. The molecule has 1 fully saturated rings. The maximum atomic E-state index is 5.81. The van der Waals surface area contributed by atoms with Gasteiger partial charge in [-0.15, -0.1) is 0 Å². The molecular formula is C14H15N3. The molecule has 3 rings (SSSR count). The first-order valence-electron chi connectivity index (χ1n) is 5.86. The van der Waals surface area contributed by atoms with Crippen molar-refractivity contribution < 1.29 is 0 Å². The molecule has 86 valence electrons. The van der Waals surface area contributed by atoms with Crippen molar-refractivity contribution >= 4 is 11.5 Å². The molecule has 17 heavy (non-hydrogen) atoms. The number of anilines is 2. The summed E-state index contributed by atoms with van der Waals surface area (Å²) in [6.45, 7) is 0. The Bertz CT molecular complexity index is 510. The number of nitrogens with zero attached hydrogens (tertiary/aromatic N) is 1. The summed E-state index contributed by atoms with van der Waals surface area (Å²) in [6, 6.07) is 14.9. The summed E-state index contributed by atoms with van der Waals surface area (Å²) in [7, 11) is 0. The van der Waals surface area contributed by atoms with Crippen molar-refractivity contribution in [2.75, 3.05) is 11.1 Å². The zero-order chi connectivity index (χ0) is 11.7. The fourth-order valence-electron chi connectivity index (χ4n) is 2.16. The van der Waals surface area contributed by atoms with Gasteiger partial charge >= 0.3 is 0 Å². The van der Waals surface area contributed by atoms with Crippen molar-refractivity contribution in [3.63, 3.8) is 0 Å². The van der Waals surface area contributed by atoms with Crippen LogP contribution >= 0.6 is 0 Å². The number of rotatable bonds is 3. The normalized spacial score (nSPS) is 22.1. The van der Waals surface area contributed by atoms with E-state index < -0.39 is 0 Å². The lowest BCUT2D eigenvalue weighted by atomic mass is 10.1. The van der Waals surface area contributed by atoms with E-state index in [-0.39, 0.29) is 0 Å². The Balaban J connectivity index is 1.69. The van der Waals surface area contributed by atoms with Crippen LogP contribution in [0.2, 0.25) is 0 Å². The van der Waals surface area contributed by atoms with Gasteiger partial charge in [-0.25, -0.2) is 4.98 Å². The van der Waals surface area contributed by atoms with Crippen LogP contribution in [0, 0.1) is 0 Å². The van der Waals surface area contributed by atoms with E-state index in [4.69, 9.17) is 5.73 Å². The van der Waals surface area contributed by atoms with Crippen LogP contribution in [0.15, 0.2) is 48.7 Å². The molecule has 1 aromatic heterocycles. The molecule has 3 nitrogen and oxygen atoms in total. The summed E-state index contributed by atoms with van der Waals surface area (Å²) in [5, 5.41) is 3.45. The summed E-state index contributed by atoms with van der Waals surface area (Å²) in [6.07, 6.45) is 2.88. The highest BCUT2D eigenvalue weighted by Gasteiger charge is 2.38. The maximum Gasteiger partial charge on any atom is 0.146 e. The first kappa shape index (κ1) is 10.1. The predicted molar refractivity (Wildman–Crippen MR) is 69.9 cm³/mol. The van der Waals surface area contributed by atoms with Gasteiger partial charge in [-0.05, 0) is 24.1 Å². The van der Waals surface area contributed by atoms with E-state index in [1.54, 1.807) is 6.20 Å². The molecule has 0 aliphatic heterocycles. The Morgan fingerprint density at radius 1 is 1.12 bits per heavy atom. The SMILES string of the molecule is Nc1ncccc1NC1CC1c1ccccc1. The van der Waals surface area contributed by atoms with Crippen LogP contribution in [0.25, 0.3) is 0 Å². The number of aromatic nitrogens is 1. The molecule has 1 heterocycles. The molecule has 0 spiro atoms. The number of nitrogens with one attached hydrogen (secondary N) is 1. The van der Waals surface area contributed by atoms with Gasteiger partial charge in [-0.3, -0.25) is 0 Å². The molecule has 0 bridgehead atoms. The number of nitrogen functional groups attached to an aromatic ring is 1. The average Bonchev–Trinajstić information content (AvgIpc) is 3.13. The third-order valence-corrected chi connectivity index (χ3v) is 3.20. The van der Waals surface area contributed by atoms with Gasteiger partial charge < -0.3 is 11.1 Å². The molecular weight excluding hydrogens is 210 g/mol. The molecule has 1 aliphatic carbocycles. The van der Waals surface area contributed by atoms with Crippen LogP contribution in [0.3, 0.4) is 0 Å². The van der Waals surface area contributed by atoms with Crippen molar-refractivity contribution in [1.82, 2.24) is 4.98 Å². The van der Waals surface area contributed by atoms with E-state index >= 15 is 0 Å². The monoisotopic (exact) mass is 225 g/mol. The van der Waals surface area contributed by atoms with Gasteiger partial charge in [0.25, 0.3) is 0 Å². The lowest BCUT2D eigenvalue weighted by molar-refractivity contribution is 1.04. The third kappa shape index (κ3) is 2.09. The second-order valence-electron chi connectivity index (χ2n) is 4.44. The second-order valence-corrected chi connectivity index (χ2v) is 4.44. The molecule has 2 aromatic rings. The Morgan fingerprint density at radius 2 is 1.94 bits per heavy atom. The smallest absolute Gasteiger partial charge is 0.146 e. The Kier molecular flexibility index (Phi) is 2.44. The Morgan fingerprint density at radius 3 is 2.71 bits per heavy atom. The van der Waals surface area contributed by atoms with Crippen LogP contribution in [0.1, 0.15) is 17.9 Å². The number of pyridine rings is 1. The second kappa shape index (κ2) is 4.09. The first-order valence-corrected chi connectivity index (χ1v) is 5.86. The fraction of sp³-hybridized carbons (Fsp3) is 0.214. The van der Waals surface area contributed by atoms with Crippen LogP contribution in [0.5, 0.6) is 0 Å². The standard InChI is InChI=1S/C14H15N3/c15-14-12(7-4-8-16-14)17-13-9-11(13)10-5-2-1-3-6-10/h1-8,11,13,17H,9H2,(H2,15,16). The van der Waals surface area contributed by atoms with E-state index in [9.17, 15) is 0 Å². The third-order valence-electron chi connectivity index (χ3n) is 3.20. The predicted octanol–water partition coefficient (Wildman–Crippen LogP) is 2.63. The maximum absolute atomic E-state index is 5.81. The molecule has 1 aliphatic rings.